The van der Waals surface area contributed by atoms with Gasteiger partial charge in [-0.15, -0.1) is 41.4 Å². The molecule has 9 aromatic rings. The SMILES string of the molecule is CC(C)(C)N1C=CN(c2[c-]c(Oc3[c-]c4c(cc3)c3cccc5c6cccc7c8ccccc8n(c8cccnc8n4c35)c76)ccc2)[CH-]1.[Pt]. The van der Waals surface area contributed by atoms with Crippen LogP contribution in [-0.2, 0) is 21.1 Å². The number of rotatable bonds is 3. The first-order chi connectivity index (χ1) is 23.4. The van der Waals surface area contributed by atoms with Gasteiger partial charge in [0.15, 0.2) is 5.65 Å². The van der Waals surface area contributed by atoms with Crippen molar-refractivity contribution in [1.82, 2.24) is 18.7 Å². The molecule has 1 aliphatic rings. The standard InChI is InChI=1S/C42H30N5O.Pt/c1-42(2,3)45-23-22-44(26-45)27-10-6-11-28(24-27)48-29-19-20-31-33-14-8-16-35-34-15-7-13-32-30-12-4-5-17-36(30)46(39(32)34)37-18-9-21-43-41(37)47(40(33)35)38(31)25-29;/h4-23,26H,1-3H3;/q-3;. The average molecular weight is 816 g/mol. The van der Waals surface area contributed by atoms with Crippen LogP contribution in [0.15, 0.2) is 122 Å². The van der Waals surface area contributed by atoms with Crippen molar-refractivity contribution in [2.75, 3.05) is 4.90 Å². The topological polar surface area (TPSA) is 37.4 Å². The second-order valence-corrected chi connectivity index (χ2v) is 13.4. The van der Waals surface area contributed by atoms with Crippen molar-refractivity contribution in [3.63, 3.8) is 0 Å². The van der Waals surface area contributed by atoms with Crippen molar-refractivity contribution in [2.24, 2.45) is 0 Å². The van der Waals surface area contributed by atoms with Crippen LogP contribution in [0.25, 0.3) is 65.5 Å². The monoisotopic (exact) mass is 815 g/mol. The predicted molar refractivity (Wildman–Crippen MR) is 195 cm³/mol. The first kappa shape index (κ1) is 29.8. The van der Waals surface area contributed by atoms with Crippen molar-refractivity contribution < 1.29 is 25.8 Å². The first-order valence-corrected chi connectivity index (χ1v) is 16.2. The van der Waals surface area contributed by atoms with E-state index in [0.29, 0.717) is 11.5 Å². The van der Waals surface area contributed by atoms with Crippen molar-refractivity contribution in [3.8, 4) is 11.5 Å². The van der Waals surface area contributed by atoms with E-state index in [2.05, 4.69) is 137 Å². The third-order valence-electron chi connectivity index (χ3n) is 9.54. The Hall–Kier alpha value is -5.32. The van der Waals surface area contributed by atoms with Gasteiger partial charge in [0, 0.05) is 71.4 Å². The van der Waals surface area contributed by atoms with Gasteiger partial charge in [-0.1, -0.05) is 60.1 Å². The minimum Gasteiger partial charge on any atom is -0.509 e. The first-order valence-electron chi connectivity index (χ1n) is 16.2. The fourth-order valence-electron chi connectivity index (χ4n) is 7.34. The zero-order valence-electron chi connectivity index (χ0n) is 27.1. The van der Waals surface area contributed by atoms with E-state index in [1.54, 1.807) is 0 Å². The molecule has 6 nitrogen and oxygen atoms in total. The van der Waals surface area contributed by atoms with E-state index in [9.17, 15) is 0 Å². The molecule has 0 fully saturated rings. The van der Waals surface area contributed by atoms with Crippen LogP contribution in [-0.4, -0.2) is 24.2 Å². The van der Waals surface area contributed by atoms with Gasteiger partial charge in [0.1, 0.15) is 0 Å². The molecular formula is C42H30N5OPt-3. The maximum atomic E-state index is 6.49. The van der Waals surface area contributed by atoms with Crippen molar-refractivity contribution >= 4 is 71.2 Å². The maximum absolute atomic E-state index is 6.49. The number of aromatic nitrogens is 3. The molecule has 0 saturated heterocycles. The summed E-state index contributed by atoms with van der Waals surface area (Å²) >= 11 is 0. The third-order valence-corrected chi connectivity index (χ3v) is 9.54. The number of benzene rings is 5. The van der Waals surface area contributed by atoms with E-state index in [-0.39, 0.29) is 26.6 Å². The summed E-state index contributed by atoms with van der Waals surface area (Å²) < 4.78 is 11.1. The van der Waals surface area contributed by atoms with E-state index in [4.69, 9.17) is 9.72 Å². The Balaban J connectivity index is 0.00000325. The number of hydrogen-bond donors (Lipinski definition) is 0. The Morgan fingerprint density at radius 3 is 2.04 bits per heavy atom. The molecule has 0 amide bonds. The number of ether oxygens (including phenoxy) is 1. The largest absolute Gasteiger partial charge is 0.509 e. The van der Waals surface area contributed by atoms with Gasteiger partial charge in [-0.3, -0.25) is 0 Å². The molecule has 0 aliphatic carbocycles. The van der Waals surface area contributed by atoms with Gasteiger partial charge in [0.25, 0.3) is 0 Å². The number of nitrogens with zero attached hydrogens (tertiary/aromatic N) is 5. The molecule has 4 aromatic heterocycles. The van der Waals surface area contributed by atoms with Crippen LogP contribution in [0.5, 0.6) is 11.5 Å². The van der Waals surface area contributed by atoms with E-state index in [1.165, 1.54) is 21.7 Å². The molecule has 0 atom stereocenters. The Morgan fingerprint density at radius 1 is 0.612 bits per heavy atom. The molecule has 1 aliphatic heterocycles. The Kier molecular flexibility index (Phi) is 6.59. The number of para-hydroxylation sites is 3. The Labute approximate surface area is 297 Å². The Morgan fingerprint density at radius 2 is 1.27 bits per heavy atom. The normalized spacial score (nSPS) is 13.6. The molecule has 0 unspecified atom stereocenters. The fourth-order valence-corrected chi connectivity index (χ4v) is 7.34. The van der Waals surface area contributed by atoms with Gasteiger partial charge in [-0.25, -0.2) is 4.98 Å². The van der Waals surface area contributed by atoms with Gasteiger partial charge < -0.3 is 23.3 Å². The summed E-state index contributed by atoms with van der Waals surface area (Å²) in [6.45, 7) is 8.64. The smallest absolute Gasteiger partial charge is 0.160 e. The summed E-state index contributed by atoms with van der Waals surface area (Å²) in [5, 5.41) is 7.04. The van der Waals surface area contributed by atoms with Gasteiger partial charge >= 0.3 is 0 Å². The average Bonchev–Trinajstić information content (AvgIpc) is 3.81. The van der Waals surface area contributed by atoms with E-state index < -0.39 is 0 Å². The number of fused-ring (bicyclic) bond motifs is 10. The molecule has 5 heterocycles. The second-order valence-electron chi connectivity index (χ2n) is 13.4. The number of anilines is 1. The van der Waals surface area contributed by atoms with Gasteiger partial charge in [0.2, 0.25) is 0 Å². The van der Waals surface area contributed by atoms with Gasteiger partial charge in [-0.2, -0.15) is 18.8 Å². The van der Waals surface area contributed by atoms with Gasteiger partial charge in [-0.05, 0) is 56.8 Å². The summed E-state index contributed by atoms with van der Waals surface area (Å²) in [7, 11) is 0. The summed E-state index contributed by atoms with van der Waals surface area (Å²) in [5.41, 5.74) is 7.12. The quantitative estimate of drug-likeness (QED) is 0.167. The maximum Gasteiger partial charge on any atom is 0.160 e. The van der Waals surface area contributed by atoms with Crippen LogP contribution in [0, 0.1) is 18.8 Å². The van der Waals surface area contributed by atoms with Gasteiger partial charge in [0.05, 0.1) is 16.6 Å². The minimum absolute atomic E-state index is 0. The number of hydrogen-bond acceptors (Lipinski definition) is 4. The molecule has 10 rings (SSSR count). The summed E-state index contributed by atoms with van der Waals surface area (Å²) in [6.07, 6.45) is 6.00. The molecule has 5 aromatic carbocycles. The predicted octanol–water partition coefficient (Wildman–Crippen LogP) is 10.3. The van der Waals surface area contributed by atoms with E-state index in [0.717, 1.165) is 49.6 Å². The molecule has 0 radical (unpaired) electrons. The summed E-state index contributed by atoms with van der Waals surface area (Å²) in [5.74, 6) is 1.24. The van der Waals surface area contributed by atoms with E-state index >= 15 is 0 Å². The molecule has 242 valence electrons. The minimum atomic E-state index is -0.0153. The van der Waals surface area contributed by atoms with Crippen molar-refractivity contribution in [1.29, 1.82) is 0 Å². The summed E-state index contributed by atoms with van der Waals surface area (Å²) in [6, 6.07) is 43.3. The van der Waals surface area contributed by atoms with Crippen molar-refractivity contribution in [2.45, 2.75) is 26.3 Å². The molecule has 0 saturated carbocycles. The number of pyridine rings is 1. The summed E-state index contributed by atoms with van der Waals surface area (Å²) in [4.78, 5) is 9.31. The fraction of sp³-hybridized carbons (Fsp3) is 0.0952. The molecule has 0 bridgehead atoms. The van der Waals surface area contributed by atoms with Crippen LogP contribution in [0.3, 0.4) is 0 Å². The van der Waals surface area contributed by atoms with Crippen LogP contribution in [0.1, 0.15) is 20.8 Å². The zero-order chi connectivity index (χ0) is 32.1. The second kappa shape index (κ2) is 10.8. The van der Waals surface area contributed by atoms with Crippen LogP contribution in [0.2, 0.25) is 0 Å². The molecule has 0 N–H and O–H groups in total. The molecule has 0 spiro atoms. The Bertz CT molecular complexity index is 2810. The molecule has 7 heteroatoms. The third kappa shape index (κ3) is 4.40. The van der Waals surface area contributed by atoms with Crippen LogP contribution in [0.4, 0.5) is 5.69 Å². The van der Waals surface area contributed by atoms with Crippen LogP contribution >= 0.6 is 0 Å². The van der Waals surface area contributed by atoms with Crippen molar-refractivity contribution in [3.05, 3.63) is 141 Å². The molecular weight excluding hydrogens is 786 g/mol. The van der Waals surface area contributed by atoms with E-state index in [1.807, 2.05) is 42.7 Å². The zero-order valence-corrected chi connectivity index (χ0v) is 29.4. The van der Waals surface area contributed by atoms with Crippen LogP contribution < -0.4 is 9.64 Å². The molecule has 49 heavy (non-hydrogen) atoms.